The van der Waals surface area contributed by atoms with Crippen molar-refractivity contribution in [1.29, 1.82) is 0 Å². The van der Waals surface area contributed by atoms with Crippen LogP contribution < -0.4 is 5.32 Å². The number of aryl methyl sites for hydroxylation is 1. The Morgan fingerprint density at radius 3 is 2.93 bits per heavy atom. The van der Waals surface area contributed by atoms with Crippen LogP contribution in [0.3, 0.4) is 0 Å². The summed E-state index contributed by atoms with van der Waals surface area (Å²) in [6, 6.07) is 5.77. The van der Waals surface area contributed by atoms with Gasteiger partial charge in [-0.3, -0.25) is 4.98 Å². The first-order valence-electron chi connectivity index (χ1n) is 4.77. The maximum absolute atomic E-state index is 4.29. The summed E-state index contributed by atoms with van der Waals surface area (Å²) in [6.07, 6.45) is 5.30. The third kappa shape index (κ3) is 2.74. The minimum atomic E-state index is 0.690. The second-order valence-corrected chi connectivity index (χ2v) is 3.19. The molecule has 1 N–H and O–H groups in total. The molecular formula is C11H12N4. The number of hydrogen-bond acceptors (Lipinski definition) is 4. The van der Waals surface area contributed by atoms with Gasteiger partial charge in [-0.15, -0.1) is 0 Å². The van der Waals surface area contributed by atoms with Gasteiger partial charge in [0.2, 0.25) is 0 Å². The summed E-state index contributed by atoms with van der Waals surface area (Å²) < 4.78 is 0. The molecule has 0 fully saturated rings. The summed E-state index contributed by atoms with van der Waals surface area (Å²) in [5, 5.41) is 3.24. The third-order valence-electron chi connectivity index (χ3n) is 1.97. The predicted molar refractivity (Wildman–Crippen MR) is 58.3 cm³/mol. The molecule has 0 saturated carbocycles. The summed E-state index contributed by atoms with van der Waals surface area (Å²) in [5.41, 5.74) is 1.97. The largest absolute Gasteiger partial charge is 0.378 e. The normalized spacial score (nSPS) is 9.93. The minimum Gasteiger partial charge on any atom is -0.378 e. The van der Waals surface area contributed by atoms with Crippen LogP contribution in [-0.4, -0.2) is 15.0 Å². The quantitative estimate of drug-likeness (QED) is 0.820. The Labute approximate surface area is 88.4 Å². The zero-order valence-corrected chi connectivity index (χ0v) is 8.51. The Bertz CT molecular complexity index is 428. The van der Waals surface area contributed by atoms with E-state index in [-0.39, 0.29) is 0 Å². The molecule has 0 bridgehead atoms. The fourth-order valence-corrected chi connectivity index (χ4v) is 1.26. The van der Waals surface area contributed by atoms with E-state index >= 15 is 0 Å². The van der Waals surface area contributed by atoms with Crippen LogP contribution in [0.2, 0.25) is 0 Å². The van der Waals surface area contributed by atoms with Crippen LogP contribution in [0.1, 0.15) is 11.5 Å². The van der Waals surface area contributed by atoms with E-state index in [1.807, 2.05) is 25.1 Å². The first-order valence-corrected chi connectivity index (χ1v) is 4.77. The Balaban J connectivity index is 1.99. The molecule has 0 aliphatic carbocycles. The van der Waals surface area contributed by atoms with Crippen LogP contribution in [0.4, 0.5) is 5.69 Å². The maximum atomic E-state index is 4.29. The van der Waals surface area contributed by atoms with E-state index in [9.17, 15) is 0 Å². The van der Waals surface area contributed by atoms with Gasteiger partial charge in [-0.05, 0) is 25.1 Å². The van der Waals surface area contributed by atoms with Crippen molar-refractivity contribution >= 4 is 5.69 Å². The molecule has 15 heavy (non-hydrogen) atoms. The predicted octanol–water partition coefficient (Wildman–Crippen LogP) is 1.79. The van der Waals surface area contributed by atoms with Crippen molar-refractivity contribution in [1.82, 2.24) is 15.0 Å². The Hall–Kier alpha value is -1.97. The molecule has 2 aromatic rings. The van der Waals surface area contributed by atoms with Gasteiger partial charge in [0, 0.05) is 18.6 Å². The van der Waals surface area contributed by atoms with Crippen molar-refractivity contribution in [3.05, 3.63) is 48.3 Å². The van der Waals surface area contributed by atoms with Gasteiger partial charge in [-0.2, -0.15) is 0 Å². The molecule has 4 nitrogen and oxygen atoms in total. The molecular weight excluding hydrogens is 188 g/mol. The van der Waals surface area contributed by atoms with Crippen LogP contribution in [0, 0.1) is 6.92 Å². The van der Waals surface area contributed by atoms with Crippen molar-refractivity contribution in [2.45, 2.75) is 13.5 Å². The van der Waals surface area contributed by atoms with Crippen molar-refractivity contribution in [3.8, 4) is 0 Å². The highest BCUT2D eigenvalue weighted by Gasteiger charge is 1.95. The highest BCUT2D eigenvalue weighted by Crippen LogP contribution is 2.04. The van der Waals surface area contributed by atoms with E-state index in [1.54, 1.807) is 18.6 Å². The van der Waals surface area contributed by atoms with E-state index in [0.29, 0.717) is 6.54 Å². The van der Waals surface area contributed by atoms with E-state index < -0.39 is 0 Å². The van der Waals surface area contributed by atoms with Gasteiger partial charge in [-0.25, -0.2) is 9.97 Å². The van der Waals surface area contributed by atoms with Gasteiger partial charge in [0.05, 0.1) is 17.9 Å². The van der Waals surface area contributed by atoms with Crippen LogP contribution in [-0.2, 0) is 6.54 Å². The molecule has 0 atom stereocenters. The van der Waals surface area contributed by atoms with Crippen molar-refractivity contribution in [2.75, 3.05) is 5.32 Å². The average Bonchev–Trinajstić information content (AvgIpc) is 2.28. The molecule has 2 heterocycles. The van der Waals surface area contributed by atoms with Gasteiger partial charge >= 0.3 is 0 Å². The second-order valence-electron chi connectivity index (χ2n) is 3.19. The minimum absolute atomic E-state index is 0.690. The van der Waals surface area contributed by atoms with E-state index in [4.69, 9.17) is 0 Å². The molecule has 0 radical (unpaired) electrons. The van der Waals surface area contributed by atoms with Crippen molar-refractivity contribution in [2.24, 2.45) is 0 Å². The number of pyridine rings is 1. The van der Waals surface area contributed by atoms with Gasteiger partial charge in [0.25, 0.3) is 0 Å². The van der Waals surface area contributed by atoms with Gasteiger partial charge in [0.15, 0.2) is 0 Å². The van der Waals surface area contributed by atoms with Crippen molar-refractivity contribution in [3.63, 3.8) is 0 Å². The first-order chi connectivity index (χ1) is 7.34. The summed E-state index contributed by atoms with van der Waals surface area (Å²) in [4.78, 5) is 12.4. The van der Waals surface area contributed by atoms with Crippen LogP contribution >= 0.6 is 0 Å². The standard InChI is InChI=1S/C11H12N4/c1-9-13-6-4-11(15-9)8-14-10-3-2-5-12-7-10/h2-7,14H,8H2,1H3. The molecule has 4 heteroatoms. The highest BCUT2D eigenvalue weighted by atomic mass is 14.9. The monoisotopic (exact) mass is 200 g/mol. The zero-order chi connectivity index (χ0) is 10.5. The molecule has 0 unspecified atom stereocenters. The lowest BCUT2D eigenvalue weighted by Crippen LogP contribution is -2.03. The highest BCUT2D eigenvalue weighted by molar-refractivity contribution is 5.39. The van der Waals surface area contributed by atoms with E-state index in [1.165, 1.54) is 0 Å². The van der Waals surface area contributed by atoms with Crippen LogP contribution in [0.25, 0.3) is 0 Å². The smallest absolute Gasteiger partial charge is 0.125 e. The maximum Gasteiger partial charge on any atom is 0.125 e. The average molecular weight is 200 g/mol. The Morgan fingerprint density at radius 2 is 2.20 bits per heavy atom. The Kier molecular flexibility index (Phi) is 2.88. The molecule has 0 amide bonds. The molecule has 0 spiro atoms. The first kappa shape index (κ1) is 9.58. The molecule has 0 aliphatic rings. The van der Waals surface area contributed by atoms with Crippen LogP contribution in [0.5, 0.6) is 0 Å². The second kappa shape index (κ2) is 4.50. The number of aromatic nitrogens is 3. The Morgan fingerprint density at radius 1 is 1.27 bits per heavy atom. The third-order valence-corrected chi connectivity index (χ3v) is 1.97. The lowest BCUT2D eigenvalue weighted by molar-refractivity contribution is 0.954. The van der Waals surface area contributed by atoms with Gasteiger partial charge < -0.3 is 5.32 Å². The molecule has 0 aliphatic heterocycles. The molecule has 0 aromatic carbocycles. The SMILES string of the molecule is Cc1nccc(CNc2cccnc2)n1. The molecule has 2 aromatic heterocycles. The summed E-state index contributed by atoms with van der Waals surface area (Å²) in [6.45, 7) is 2.57. The van der Waals surface area contributed by atoms with Gasteiger partial charge in [0.1, 0.15) is 5.82 Å². The summed E-state index contributed by atoms with van der Waals surface area (Å²) in [5.74, 6) is 0.792. The zero-order valence-electron chi connectivity index (χ0n) is 8.51. The number of hydrogen-bond donors (Lipinski definition) is 1. The van der Waals surface area contributed by atoms with Gasteiger partial charge in [-0.1, -0.05) is 0 Å². The van der Waals surface area contributed by atoms with E-state index in [0.717, 1.165) is 17.2 Å². The number of nitrogens with one attached hydrogen (secondary N) is 1. The van der Waals surface area contributed by atoms with Crippen LogP contribution in [0.15, 0.2) is 36.8 Å². The number of anilines is 1. The van der Waals surface area contributed by atoms with E-state index in [2.05, 4.69) is 20.3 Å². The summed E-state index contributed by atoms with van der Waals surface area (Å²) >= 11 is 0. The summed E-state index contributed by atoms with van der Waals surface area (Å²) in [7, 11) is 0. The molecule has 0 saturated heterocycles. The lowest BCUT2D eigenvalue weighted by Gasteiger charge is -2.04. The van der Waals surface area contributed by atoms with Crippen molar-refractivity contribution < 1.29 is 0 Å². The number of rotatable bonds is 3. The fraction of sp³-hybridized carbons (Fsp3) is 0.182. The molecule has 2 rings (SSSR count). The fourth-order valence-electron chi connectivity index (χ4n) is 1.26. The lowest BCUT2D eigenvalue weighted by atomic mass is 10.3. The number of nitrogens with zero attached hydrogens (tertiary/aromatic N) is 3. The molecule has 76 valence electrons. The topological polar surface area (TPSA) is 50.7 Å².